The van der Waals surface area contributed by atoms with E-state index in [9.17, 15) is 4.79 Å². The molecule has 1 heterocycles. The van der Waals surface area contributed by atoms with Gasteiger partial charge in [-0.1, -0.05) is 62.4 Å². The summed E-state index contributed by atoms with van der Waals surface area (Å²) in [6.07, 6.45) is 4.68. The molecule has 142 valence electrons. The summed E-state index contributed by atoms with van der Waals surface area (Å²) in [5.74, 6) is 0.826. The molecule has 27 heavy (non-hydrogen) atoms. The fourth-order valence-corrected chi connectivity index (χ4v) is 3.67. The molecule has 1 amide bonds. The number of amides is 1. The van der Waals surface area contributed by atoms with Crippen molar-refractivity contribution in [2.24, 2.45) is 13.0 Å². The molecule has 1 atom stereocenters. The number of aromatic nitrogens is 1. The normalized spacial score (nSPS) is 12.4. The number of nitrogens with one attached hydrogen (secondary N) is 1. The highest BCUT2D eigenvalue weighted by atomic mass is 16.1. The number of carbonyl (C=O) groups is 1. The van der Waals surface area contributed by atoms with Crippen molar-refractivity contribution in [1.82, 2.24) is 9.88 Å². The van der Waals surface area contributed by atoms with Crippen molar-refractivity contribution >= 4 is 16.8 Å². The molecule has 0 saturated heterocycles. The Bertz CT molecular complexity index is 880. The molecule has 0 aliphatic heterocycles. The first-order valence-corrected chi connectivity index (χ1v) is 9.89. The molecule has 3 rings (SSSR count). The number of fused-ring (bicyclic) bond motifs is 1. The molecule has 0 bridgehead atoms. The van der Waals surface area contributed by atoms with Crippen molar-refractivity contribution in [2.45, 2.75) is 39.0 Å². The Kier molecular flexibility index (Phi) is 6.33. The van der Waals surface area contributed by atoms with Gasteiger partial charge >= 0.3 is 0 Å². The van der Waals surface area contributed by atoms with Crippen LogP contribution < -0.4 is 5.32 Å². The van der Waals surface area contributed by atoms with E-state index >= 15 is 0 Å². The molecule has 0 radical (unpaired) electrons. The summed E-state index contributed by atoms with van der Waals surface area (Å²) in [5, 5.41) is 4.35. The number of nitrogens with zero attached hydrogens (tertiary/aromatic N) is 1. The SMILES string of the molecule is CC(C)CNC(=O)CC(CCc1ccccc1)c1cn(C)c2ccccc12. The van der Waals surface area contributed by atoms with Gasteiger partial charge in [-0.15, -0.1) is 0 Å². The number of hydrogen-bond acceptors (Lipinski definition) is 1. The van der Waals surface area contributed by atoms with Gasteiger partial charge in [-0.2, -0.15) is 0 Å². The smallest absolute Gasteiger partial charge is 0.220 e. The lowest BCUT2D eigenvalue weighted by Gasteiger charge is -2.17. The van der Waals surface area contributed by atoms with Crippen LogP contribution in [0.15, 0.2) is 60.8 Å². The van der Waals surface area contributed by atoms with Crippen molar-refractivity contribution in [3.8, 4) is 0 Å². The molecular weight excluding hydrogens is 332 g/mol. The monoisotopic (exact) mass is 362 g/mol. The van der Waals surface area contributed by atoms with Crippen molar-refractivity contribution < 1.29 is 4.79 Å². The van der Waals surface area contributed by atoms with E-state index in [-0.39, 0.29) is 11.8 Å². The molecule has 0 aliphatic rings. The second-order valence-corrected chi connectivity index (χ2v) is 7.84. The van der Waals surface area contributed by atoms with Gasteiger partial charge in [0.2, 0.25) is 5.91 Å². The number of benzene rings is 2. The summed E-state index contributed by atoms with van der Waals surface area (Å²) in [7, 11) is 2.08. The summed E-state index contributed by atoms with van der Waals surface area (Å²) in [6, 6.07) is 19.0. The molecule has 0 spiro atoms. The van der Waals surface area contributed by atoms with Gasteiger partial charge in [-0.3, -0.25) is 4.79 Å². The minimum Gasteiger partial charge on any atom is -0.356 e. The van der Waals surface area contributed by atoms with E-state index in [4.69, 9.17) is 0 Å². The van der Waals surface area contributed by atoms with Crippen LogP contribution in [0.5, 0.6) is 0 Å². The Morgan fingerprint density at radius 3 is 2.48 bits per heavy atom. The zero-order valence-electron chi connectivity index (χ0n) is 16.6. The van der Waals surface area contributed by atoms with Gasteiger partial charge in [-0.25, -0.2) is 0 Å². The highest BCUT2D eigenvalue weighted by molar-refractivity contribution is 5.85. The minimum atomic E-state index is 0.148. The van der Waals surface area contributed by atoms with E-state index in [2.05, 4.69) is 85.5 Å². The molecule has 0 fully saturated rings. The number of carbonyl (C=O) groups excluding carboxylic acids is 1. The maximum absolute atomic E-state index is 12.6. The van der Waals surface area contributed by atoms with Crippen LogP contribution in [0.3, 0.4) is 0 Å². The Morgan fingerprint density at radius 1 is 1.04 bits per heavy atom. The second kappa shape index (κ2) is 8.90. The summed E-state index contributed by atoms with van der Waals surface area (Å²) >= 11 is 0. The van der Waals surface area contributed by atoms with Gasteiger partial charge in [0.25, 0.3) is 0 Å². The molecule has 3 aromatic rings. The van der Waals surface area contributed by atoms with Crippen LogP contribution in [0.1, 0.15) is 43.7 Å². The van der Waals surface area contributed by atoms with Gasteiger partial charge in [0.1, 0.15) is 0 Å². The molecular formula is C24H30N2O. The topological polar surface area (TPSA) is 34.0 Å². The fraction of sp³-hybridized carbons (Fsp3) is 0.375. The van der Waals surface area contributed by atoms with Gasteiger partial charge in [0.05, 0.1) is 0 Å². The molecule has 2 aromatic carbocycles. The molecule has 3 heteroatoms. The lowest BCUT2D eigenvalue weighted by Crippen LogP contribution is -2.28. The first kappa shape index (κ1) is 19.2. The molecule has 1 N–H and O–H groups in total. The average molecular weight is 363 g/mol. The molecule has 0 saturated carbocycles. The summed E-state index contributed by atoms with van der Waals surface area (Å²) in [5.41, 5.74) is 3.83. The first-order valence-electron chi connectivity index (χ1n) is 9.89. The molecule has 3 nitrogen and oxygen atoms in total. The van der Waals surface area contributed by atoms with Crippen LogP contribution in [0.2, 0.25) is 0 Å². The predicted octanol–water partition coefficient (Wildman–Crippen LogP) is 5.06. The van der Waals surface area contributed by atoms with E-state index in [1.54, 1.807) is 0 Å². The van der Waals surface area contributed by atoms with Crippen molar-refractivity contribution in [3.63, 3.8) is 0 Å². The van der Waals surface area contributed by atoms with Crippen molar-refractivity contribution in [3.05, 3.63) is 71.9 Å². The van der Waals surface area contributed by atoms with E-state index in [0.717, 1.165) is 19.4 Å². The Morgan fingerprint density at radius 2 is 1.74 bits per heavy atom. The highest BCUT2D eigenvalue weighted by Gasteiger charge is 2.20. The number of para-hydroxylation sites is 1. The third kappa shape index (κ3) is 5.00. The minimum absolute atomic E-state index is 0.148. The van der Waals surface area contributed by atoms with Crippen LogP contribution in [0.25, 0.3) is 10.9 Å². The van der Waals surface area contributed by atoms with E-state index in [0.29, 0.717) is 12.3 Å². The average Bonchev–Trinajstić information content (AvgIpc) is 3.01. The third-order valence-electron chi connectivity index (χ3n) is 5.13. The van der Waals surface area contributed by atoms with Gasteiger partial charge in [0, 0.05) is 37.1 Å². The quantitative estimate of drug-likeness (QED) is 0.597. The lowest BCUT2D eigenvalue weighted by molar-refractivity contribution is -0.121. The van der Waals surface area contributed by atoms with Crippen molar-refractivity contribution in [2.75, 3.05) is 6.54 Å². The van der Waals surface area contributed by atoms with Crippen molar-refractivity contribution in [1.29, 1.82) is 0 Å². The Balaban J connectivity index is 1.83. The van der Waals surface area contributed by atoms with E-state index in [1.165, 1.54) is 22.0 Å². The maximum Gasteiger partial charge on any atom is 0.220 e. The van der Waals surface area contributed by atoms with Crippen LogP contribution in [-0.2, 0) is 18.3 Å². The van der Waals surface area contributed by atoms with Crippen LogP contribution in [0, 0.1) is 5.92 Å². The first-order chi connectivity index (χ1) is 13.0. The van der Waals surface area contributed by atoms with Crippen LogP contribution >= 0.6 is 0 Å². The summed E-state index contributed by atoms with van der Waals surface area (Å²) in [4.78, 5) is 12.6. The second-order valence-electron chi connectivity index (χ2n) is 7.84. The lowest BCUT2D eigenvalue weighted by atomic mass is 9.89. The van der Waals surface area contributed by atoms with Gasteiger partial charge < -0.3 is 9.88 Å². The number of rotatable bonds is 8. The molecule has 1 unspecified atom stereocenters. The van der Waals surface area contributed by atoms with E-state index in [1.807, 2.05) is 6.07 Å². The number of aryl methyl sites for hydroxylation is 2. The zero-order chi connectivity index (χ0) is 19.2. The zero-order valence-corrected chi connectivity index (χ0v) is 16.6. The maximum atomic E-state index is 12.6. The highest BCUT2D eigenvalue weighted by Crippen LogP contribution is 2.32. The number of hydrogen-bond donors (Lipinski definition) is 1. The predicted molar refractivity (Wildman–Crippen MR) is 113 cm³/mol. The summed E-state index contributed by atoms with van der Waals surface area (Å²) in [6.45, 7) is 4.98. The van der Waals surface area contributed by atoms with Crippen LogP contribution in [0.4, 0.5) is 0 Å². The Labute approximate surface area is 162 Å². The molecule has 0 aliphatic carbocycles. The standard InChI is InChI=1S/C24H30N2O/c1-18(2)16-25-24(27)15-20(14-13-19-9-5-4-6-10-19)22-17-26(3)23-12-8-7-11-21(22)23/h4-12,17-18,20H,13-16H2,1-3H3,(H,25,27). The largest absolute Gasteiger partial charge is 0.356 e. The summed E-state index contributed by atoms with van der Waals surface area (Å²) < 4.78 is 2.17. The third-order valence-corrected chi connectivity index (χ3v) is 5.13. The van der Waals surface area contributed by atoms with Gasteiger partial charge in [0.15, 0.2) is 0 Å². The van der Waals surface area contributed by atoms with Gasteiger partial charge in [-0.05, 0) is 41.9 Å². The van der Waals surface area contributed by atoms with E-state index < -0.39 is 0 Å². The fourth-order valence-electron chi connectivity index (χ4n) is 3.67. The van der Waals surface area contributed by atoms with Crippen LogP contribution in [-0.4, -0.2) is 17.0 Å². The molecule has 1 aromatic heterocycles. The Hall–Kier alpha value is -2.55.